The van der Waals surface area contributed by atoms with Gasteiger partial charge in [-0.05, 0) is 25.0 Å². The van der Waals surface area contributed by atoms with E-state index < -0.39 is 16.0 Å². The Morgan fingerprint density at radius 1 is 1.29 bits per heavy atom. The number of nitrogens with one attached hydrogen (secondary N) is 1. The predicted molar refractivity (Wildman–Crippen MR) is 77.6 cm³/mol. The van der Waals surface area contributed by atoms with Gasteiger partial charge in [0.05, 0.1) is 10.6 Å². The van der Waals surface area contributed by atoms with E-state index >= 15 is 0 Å². The number of benzene rings is 1. The van der Waals surface area contributed by atoms with Crippen molar-refractivity contribution < 1.29 is 23.1 Å². The van der Waals surface area contributed by atoms with E-state index in [0.717, 1.165) is 12.1 Å². The fraction of sp³-hybridized carbons (Fsp3) is 0.417. The van der Waals surface area contributed by atoms with Crippen LogP contribution in [-0.4, -0.2) is 38.7 Å². The highest BCUT2D eigenvalue weighted by Gasteiger charge is 2.27. The molecule has 0 saturated carbocycles. The summed E-state index contributed by atoms with van der Waals surface area (Å²) in [6, 6.07) is 1.98. The van der Waals surface area contributed by atoms with Crippen molar-refractivity contribution in [3.8, 4) is 0 Å². The number of carboxylic acid groups (broad SMARTS) is 1. The van der Waals surface area contributed by atoms with Gasteiger partial charge in [-0.25, -0.2) is 17.9 Å². The molecule has 1 aliphatic heterocycles. The molecule has 6 nitrogen and oxygen atoms in total. The van der Waals surface area contributed by atoms with Crippen molar-refractivity contribution in [3.63, 3.8) is 0 Å². The first-order valence-corrected chi connectivity index (χ1v) is 8.37. The number of ether oxygens (including phenoxy) is 1. The third-order valence-electron chi connectivity index (χ3n) is 3.07. The molecule has 0 spiro atoms. The van der Waals surface area contributed by atoms with Crippen LogP contribution in [0.1, 0.15) is 23.2 Å². The van der Waals surface area contributed by atoms with Crippen LogP contribution in [0.3, 0.4) is 0 Å². The summed E-state index contributed by atoms with van der Waals surface area (Å²) in [4.78, 5) is 10.7. The molecule has 1 heterocycles. The Balaban J connectivity index is 2.37. The second-order valence-corrected chi connectivity index (χ2v) is 7.08. The van der Waals surface area contributed by atoms with E-state index in [-0.39, 0.29) is 26.5 Å². The van der Waals surface area contributed by atoms with Crippen LogP contribution in [0.15, 0.2) is 17.0 Å². The minimum atomic E-state index is -3.95. The molecule has 9 heteroatoms. The molecule has 0 amide bonds. The smallest absolute Gasteiger partial charge is 0.337 e. The molecule has 0 atom stereocenters. The van der Waals surface area contributed by atoms with Gasteiger partial charge >= 0.3 is 5.97 Å². The molecular weight excluding hydrogens is 341 g/mol. The first-order chi connectivity index (χ1) is 9.81. The average Bonchev–Trinajstić information content (AvgIpc) is 2.41. The number of sulfonamides is 1. The minimum absolute atomic E-state index is 0.0100. The first-order valence-electron chi connectivity index (χ1n) is 6.13. The highest BCUT2D eigenvalue weighted by atomic mass is 35.5. The van der Waals surface area contributed by atoms with Gasteiger partial charge in [-0.2, -0.15) is 0 Å². The van der Waals surface area contributed by atoms with Crippen molar-refractivity contribution in [1.82, 2.24) is 4.72 Å². The fourth-order valence-corrected chi connectivity index (χ4v) is 4.22. The van der Waals surface area contributed by atoms with Gasteiger partial charge in [0.1, 0.15) is 4.90 Å². The number of halogens is 2. The lowest BCUT2D eigenvalue weighted by atomic mass is 10.1. The van der Waals surface area contributed by atoms with Crippen molar-refractivity contribution in [2.75, 3.05) is 13.2 Å². The SMILES string of the molecule is O=C(O)c1cc(Cl)cc(S(=O)(=O)NC2CCOCC2)c1Cl. The Morgan fingerprint density at radius 3 is 2.48 bits per heavy atom. The Labute approximate surface area is 132 Å². The summed E-state index contributed by atoms with van der Waals surface area (Å²) in [7, 11) is -3.95. The fourth-order valence-electron chi connectivity index (χ4n) is 2.01. The Morgan fingerprint density at radius 2 is 1.90 bits per heavy atom. The van der Waals surface area contributed by atoms with Gasteiger partial charge < -0.3 is 9.84 Å². The zero-order valence-electron chi connectivity index (χ0n) is 10.8. The molecule has 2 N–H and O–H groups in total. The van der Waals surface area contributed by atoms with E-state index in [1.807, 2.05) is 0 Å². The van der Waals surface area contributed by atoms with Crippen molar-refractivity contribution >= 4 is 39.2 Å². The highest BCUT2D eigenvalue weighted by molar-refractivity contribution is 7.89. The molecule has 1 saturated heterocycles. The topological polar surface area (TPSA) is 92.7 Å². The number of carboxylic acids is 1. The van der Waals surface area contributed by atoms with Crippen LogP contribution in [0.25, 0.3) is 0 Å². The molecule has 0 aromatic heterocycles. The summed E-state index contributed by atoms with van der Waals surface area (Å²) >= 11 is 11.7. The van der Waals surface area contributed by atoms with E-state index in [2.05, 4.69) is 4.72 Å². The van der Waals surface area contributed by atoms with E-state index in [0.29, 0.717) is 26.1 Å². The third-order valence-corrected chi connectivity index (χ3v) is 5.35. The van der Waals surface area contributed by atoms with Crippen molar-refractivity contribution in [1.29, 1.82) is 0 Å². The maximum atomic E-state index is 12.4. The van der Waals surface area contributed by atoms with Gasteiger partial charge in [-0.3, -0.25) is 0 Å². The van der Waals surface area contributed by atoms with Crippen LogP contribution in [0.2, 0.25) is 10.0 Å². The molecule has 1 aromatic carbocycles. The minimum Gasteiger partial charge on any atom is -0.478 e. The van der Waals surface area contributed by atoms with E-state index in [1.54, 1.807) is 0 Å². The standard InChI is InChI=1S/C12H13Cl2NO5S/c13-7-5-9(12(16)17)11(14)10(6-7)21(18,19)15-8-1-3-20-4-2-8/h5-6,8,15H,1-4H2,(H,16,17). The van der Waals surface area contributed by atoms with Crippen LogP contribution in [0.5, 0.6) is 0 Å². The Hall–Kier alpha value is -0.860. The number of hydrogen-bond acceptors (Lipinski definition) is 4. The van der Waals surface area contributed by atoms with Crippen LogP contribution in [-0.2, 0) is 14.8 Å². The first kappa shape index (κ1) is 16.5. The van der Waals surface area contributed by atoms with Crippen molar-refractivity contribution in [2.24, 2.45) is 0 Å². The lowest BCUT2D eigenvalue weighted by Gasteiger charge is -2.23. The molecule has 1 fully saturated rings. The maximum absolute atomic E-state index is 12.4. The third kappa shape index (κ3) is 3.87. The van der Waals surface area contributed by atoms with Gasteiger partial charge in [0, 0.05) is 24.3 Å². The Kier molecular flexibility index (Phi) is 5.11. The molecule has 1 aromatic rings. The molecule has 116 valence electrons. The molecule has 1 aliphatic rings. The molecule has 0 bridgehead atoms. The number of aromatic carboxylic acids is 1. The molecule has 0 unspecified atom stereocenters. The summed E-state index contributed by atoms with van der Waals surface area (Å²) in [5, 5.41) is 8.66. The van der Waals surface area contributed by atoms with E-state index in [1.165, 1.54) is 0 Å². The van der Waals surface area contributed by atoms with Gasteiger partial charge in [-0.15, -0.1) is 0 Å². The zero-order chi connectivity index (χ0) is 15.6. The second kappa shape index (κ2) is 6.50. The largest absolute Gasteiger partial charge is 0.478 e. The zero-order valence-corrected chi connectivity index (χ0v) is 13.1. The molecule has 0 radical (unpaired) electrons. The molecular formula is C12H13Cl2NO5S. The summed E-state index contributed by atoms with van der Waals surface area (Å²) in [5.41, 5.74) is -0.350. The average molecular weight is 354 g/mol. The summed E-state index contributed by atoms with van der Waals surface area (Å²) in [6.45, 7) is 0.938. The van der Waals surface area contributed by atoms with Gasteiger partial charge in [-0.1, -0.05) is 23.2 Å². The van der Waals surface area contributed by atoms with E-state index in [9.17, 15) is 13.2 Å². The second-order valence-electron chi connectivity index (χ2n) is 4.58. The number of hydrogen-bond donors (Lipinski definition) is 2. The van der Waals surface area contributed by atoms with Crippen molar-refractivity contribution in [3.05, 3.63) is 27.7 Å². The highest BCUT2D eigenvalue weighted by Crippen LogP contribution is 2.30. The summed E-state index contributed by atoms with van der Waals surface area (Å²) < 4.78 is 32.4. The summed E-state index contributed by atoms with van der Waals surface area (Å²) in [6.07, 6.45) is 1.09. The van der Waals surface area contributed by atoms with E-state index in [4.69, 9.17) is 33.0 Å². The summed E-state index contributed by atoms with van der Waals surface area (Å²) in [5.74, 6) is -1.34. The monoisotopic (exact) mass is 353 g/mol. The van der Waals surface area contributed by atoms with Gasteiger partial charge in [0.15, 0.2) is 0 Å². The van der Waals surface area contributed by atoms with Crippen LogP contribution in [0, 0.1) is 0 Å². The predicted octanol–water partition coefficient (Wildman–Crippen LogP) is 2.15. The van der Waals surface area contributed by atoms with Gasteiger partial charge in [0.25, 0.3) is 0 Å². The molecule has 2 rings (SSSR count). The van der Waals surface area contributed by atoms with Crippen LogP contribution in [0.4, 0.5) is 0 Å². The molecule has 0 aliphatic carbocycles. The van der Waals surface area contributed by atoms with Gasteiger partial charge in [0.2, 0.25) is 10.0 Å². The Bertz CT molecular complexity index is 656. The van der Waals surface area contributed by atoms with Crippen LogP contribution >= 0.6 is 23.2 Å². The quantitative estimate of drug-likeness (QED) is 0.864. The number of rotatable bonds is 4. The lowest BCUT2D eigenvalue weighted by Crippen LogP contribution is -2.39. The maximum Gasteiger partial charge on any atom is 0.337 e. The lowest BCUT2D eigenvalue weighted by molar-refractivity contribution is 0.0696. The normalized spacial score (nSPS) is 16.9. The van der Waals surface area contributed by atoms with Crippen molar-refractivity contribution in [2.45, 2.75) is 23.8 Å². The molecule has 21 heavy (non-hydrogen) atoms. The van der Waals surface area contributed by atoms with Crippen LogP contribution < -0.4 is 4.72 Å². The number of carbonyl (C=O) groups is 1.